The number of ether oxygens (including phenoxy) is 1. The molecule has 0 aliphatic carbocycles. The molecule has 1 aliphatic rings. The fourth-order valence-electron chi connectivity index (χ4n) is 2.96. The van der Waals surface area contributed by atoms with E-state index < -0.39 is 0 Å². The summed E-state index contributed by atoms with van der Waals surface area (Å²) in [5, 5.41) is 3.88. The number of nitrogens with two attached hydrogens (primary N) is 1. The van der Waals surface area contributed by atoms with Gasteiger partial charge < -0.3 is 15.8 Å². The third-order valence-electron chi connectivity index (χ3n) is 4.34. The number of guanidine groups is 1. The van der Waals surface area contributed by atoms with Crippen LogP contribution in [0.15, 0.2) is 23.2 Å². The van der Waals surface area contributed by atoms with E-state index in [0.29, 0.717) is 23.6 Å². The van der Waals surface area contributed by atoms with Crippen molar-refractivity contribution in [1.82, 2.24) is 10.2 Å². The molecule has 3 N–H and O–H groups in total. The molecule has 6 heteroatoms. The van der Waals surface area contributed by atoms with E-state index in [0.717, 1.165) is 30.8 Å². The van der Waals surface area contributed by atoms with Crippen molar-refractivity contribution in [2.24, 2.45) is 10.7 Å². The number of rotatable bonds is 7. The average Bonchev–Trinajstić information content (AvgIpc) is 3.02. The summed E-state index contributed by atoms with van der Waals surface area (Å²) in [6.07, 6.45) is 3.27. The Morgan fingerprint density at radius 2 is 2.35 bits per heavy atom. The molecule has 0 radical (unpaired) electrons. The van der Waals surface area contributed by atoms with Gasteiger partial charge in [0.15, 0.2) is 5.96 Å². The Morgan fingerprint density at radius 3 is 3.04 bits per heavy atom. The van der Waals surface area contributed by atoms with Crippen LogP contribution in [-0.4, -0.2) is 50.2 Å². The zero-order valence-electron chi connectivity index (χ0n) is 14.0. The van der Waals surface area contributed by atoms with Crippen LogP contribution in [0, 0.1) is 0 Å². The van der Waals surface area contributed by atoms with E-state index in [2.05, 4.69) is 22.1 Å². The Morgan fingerprint density at radius 1 is 1.52 bits per heavy atom. The molecule has 0 bridgehead atoms. The molecule has 1 aliphatic heterocycles. The second-order valence-corrected chi connectivity index (χ2v) is 6.19. The number of likely N-dealkylation sites (N-methyl/N-ethyl adjacent to an activating group) is 1. The van der Waals surface area contributed by atoms with Gasteiger partial charge in [0.2, 0.25) is 0 Å². The van der Waals surface area contributed by atoms with Crippen molar-refractivity contribution in [1.29, 1.82) is 0 Å². The number of methoxy groups -OCH3 is 1. The van der Waals surface area contributed by atoms with Crippen LogP contribution in [0.5, 0.6) is 5.75 Å². The first-order valence-corrected chi connectivity index (χ1v) is 8.62. The third kappa shape index (κ3) is 5.29. The van der Waals surface area contributed by atoms with E-state index in [9.17, 15) is 0 Å². The molecule has 1 aromatic rings. The molecule has 5 nitrogen and oxygen atoms in total. The summed E-state index contributed by atoms with van der Waals surface area (Å²) in [5.41, 5.74) is 7.02. The molecule has 2 rings (SSSR count). The monoisotopic (exact) mass is 338 g/mol. The Labute approximate surface area is 143 Å². The highest BCUT2D eigenvalue weighted by Crippen LogP contribution is 2.22. The van der Waals surface area contributed by atoms with Crippen LogP contribution >= 0.6 is 11.6 Å². The van der Waals surface area contributed by atoms with Crippen LogP contribution < -0.4 is 15.8 Å². The van der Waals surface area contributed by atoms with Crippen molar-refractivity contribution in [2.75, 3.05) is 33.3 Å². The van der Waals surface area contributed by atoms with Gasteiger partial charge in [-0.1, -0.05) is 24.6 Å². The molecular weight excluding hydrogens is 312 g/mol. The van der Waals surface area contributed by atoms with Crippen molar-refractivity contribution >= 4 is 17.6 Å². The van der Waals surface area contributed by atoms with Gasteiger partial charge in [0.25, 0.3) is 0 Å². The van der Waals surface area contributed by atoms with Crippen LogP contribution in [-0.2, 0) is 6.42 Å². The molecule has 0 spiro atoms. The lowest BCUT2D eigenvalue weighted by Gasteiger charge is -2.21. The lowest BCUT2D eigenvalue weighted by Crippen LogP contribution is -2.36. The average molecular weight is 339 g/mol. The molecule has 1 saturated heterocycles. The van der Waals surface area contributed by atoms with Crippen molar-refractivity contribution in [3.05, 3.63) is 28.8 Å². The molecule has 23 heavy (non-hydrogen) atoms. The predicted molar refractivity (Wildman–Crippen MR) is 96.5 cm³/mol. The molecular formula is C17H27ClN4O. The first kappa shape index (κ1) is 17.9. The van der Waals surface area contributed by atoms with E-state index in [-0.39, 0.29) is 0 Å². The number of hydrogen-bond donors (Lipinski definition) is 2. The minimum Gasteiger partial charge on any atom is -0.497 e. The maximum absolute atomic E-state index is 6.23. The van der Waals surface area contributed by atoms with Gasteiger partial charge in [-0.2, -0.15) is 0 Å². The first-order valence-electron chi connectivity index (χ1n) is 8.24. The fraction of sp³-hybridized carbons (Fsp3) is 0.588. The van der Waals surface area contributed by atoms with Gasteiger partial charge in [0, 0.05) is 17.6 Å². The lowest BCUT2D eigenvalue weighted by atomic mass is 10.1. The van der Waals surface area contributed by atoms with Gasteiger partial charge in [0.05, 0.1) is 13.7 Å². The second kappa shape index (κ2) is 8.99. The number of benzene rings is 1. The third-order valence-corrected chi connectivity index (χ3v) is 4.69. The normalized spacial score (nSPS) is 19.1. The van der Waals surface area contributed by atoms with Crippen LogP contribution in [0.2, 0.25) is 5.02 Å². The van der Waals surface area contributed by atoms with Crippen molar-refractivity contribution in [3.63, 3.8) is 0 Å². The van der Waals surface area contributed by atoms with Crippen LogP contribution in [0.3, 0.4) is 0 Å². The zero-order chi connectivity index (χ0) is 16.7. The Balaban J connectivity index is 1.76. The number of nitrogens with zero attached hydrogens (tertiary/aromatic N) is 2. The molecule has 0 saturated carbocycles. The Kier molecular flexibility index (Phi) is 6.99. The maximum Gasteiger partial charge on any atom is 0.188 e. The van der Waals surface area contributed by atoms with Crippen molar-refractivity contribution < 1.29 is 4.74 Å². The van der Waals surface area contributed by atoms with Gasteiger partial charge >= 0.3 is 0 Å². The molecule has 0 aromatic heterocycles. The molecule has 1 atom stereocenters. The van der Waals surface area contributed by atoms with Crippen LogP contribution in [0.4, 0.5) is 0 Å². The summed E-state index contributed by atoms with van der Waals surface area (Å²) in [4.78, 5) is 6.94. The number of hydrogen-bond acceptors (Lipinski definition) is 3. The summed E-state index contributed by atoms with van der Waals surface area (Å²) in [5.74, 6) is 1.28. The standard InChI is InChI=1S/C17H27ClN4O/c1-3-22-10-4-5-14(22)12-21-17(19)20-9-8-13-6-7-15(23-2)11-16(13)18/h6-7,11,14H,3-5,8-10,12H2,1-2H3,(H3,19,20,21). The van der Waals surface area contributed by atoms with Gasteiger partial charge in [-0.3, -0.25) is 9.89 Å². The van der Waals surface area contributed by atoms with Crippen LogP contribution in [0.25, 0.3) is 0 Å². The van der Waals surface area contributed by atoms with Crippen molar-refractivity contribution in [2.45, 2.75) is 32.2 Å². The molecule has 1 heterocycles. The number of nitrogens with one attached hydrogen (secondary N) is 1. The molecule has 1 fully saturated rings. The molecule has 128 valence electrons. The highest BCUT2D eigenvalue weighted by Gasteiger charge is 2.22. The van der Waals surface area contributed by atoms with E-state index in [1.807, 2.05) is 18.2 Å². The van der Waals surface area contributed by atoms with Gasteiger partial charge in [0.1, 0.15) is 5.75 Å². The van der Waals surface area contributed by atoms with E-state index in [1.165, 1.54) is 19.4 Å². The highest BCUT2D eigenvalue weighted by molar-refractivity contribution is 6.31. The summed E-state index contributed by atoms with van der Waals surface area (Å²) >= 11 is 6.23. The fourth-order valence-corrected chi connectivity index (χ4v) is 3.23. The molecule has 1 aromatic carbocycles. The smallest absolute Gasteiger partial charge is 0.188 e. The minimum atomic E-state index is 0.512. The SMILES string of the molecule is CCN1CCCC1CN=C(N)NCCc1ccc(OC)cc1Cl. The quantitative estimate of drug-likeness (QED) is 0.591. The summed E-state index contributed by atoms with van der Waals surface area (Å²) in [6.45, 7) is 5.95. The Bertz CT molecular complexity index is 535. The van der Waals surface area contributed by atoms with E-state index in [4.69, 9.17) is 22.1 Å². The van der Waals surface area contributed by atoms with Crippen LogP contribution in [0.1, 0.15) is 25.3 Å². The summed E-state index contributed by atoms with van der Waals surface area (Å²) in [6, 6.07) is 6.26. The first-order chi connectivity index (χ1) is 11.1. The summed E-state index contributed by atoms with van der Waals surface area (Å²) in [7, 11) is 1.63. The number of halogens is 1. The number of likely N-dealkylation sites (tertiary alicyclic amines) is 1. The van der Waals surface area contributed by atoms with Gasteiger partial charge in [-0.25, -0.2) is 0 Å². The molecule has 0 amide bonds. The van der Waals surface area contributed by atoms with E-state index in [1.54, 1.807) is 7.11 Å². The highest BCUT2D eigenvalue weighted by atomic mass is 35.5. The topological polar surface area (TPSA) is 62.9 Å². The number of aliphatic imine (C=N–C) groups is 1. The zero-order valence-corrected chi connectivity index (χ0v) is 14.8. The van der Waals surface area contributed by atoms with Gasteiger partial charge in [-0.15, -0.1) is 0 Å². The van der Waals surface area contributed by atoms with Gasteiger partial charge in [-0.05, 0) is 50.0 Å². The molecule has 1 unspecified atom stereocenters. The lowest BCUT2D eigenvalue weighted by molar-refractivity contribution is 0.273. The largest absolute Gasteiger partial charge is 0.497 e. The second-order valence-electron chi connectivity index (χ2n) is 5.78. The predicted octanol–water partition coefficient (Wildman–Crippen LogP) is 2.28. The van der Waals surface area contributed by atoms with Crippen molar-refractivity contribution in [3.8, 4) is 5.75 Å². The Hall–Kier alpha value is -1.46. The maximum atomic E-state index is 6.23. The summed E-state index contributed by atoms with van der Waals surface area (Å²) < 4.78 is 5.15. The van der Waals surface area contributed by atoms with E-state index >= 15 is 0 Å². The minimum absolute atomic E-state index is 0.512.